The van der Waals surface area contributed by atoms with Crippen LogP contribution < -0.4 is 5.32 Å². The summed E-state index contributed by atoms with van der Waals surface area (Å²) < 4.78 is 26.5. The Morgan fingerprint density at radius 1 is 0.840 bits per heavy atom. The first-order valence-electron chi connectivity index (χ1n) is 9.18. The van der Waals surface area contributed by atoms with Gasteiger partial charge in [0.25, 0.3) is 0 Å². The van der Waals surface area contributed by atoms with Crippen molar-refractivity contribution in [1.29, 1.82) is 0 Å². The summed E-state index contributed by atoms with van der Waals surface area (Å²) in [7, 11) is 0. The molecule has 3 rings (SSSR count). The molecule has 0 aliphatic heterocycles. The third kappa shape index (κ3) is 5.23. The molecule has 25 heavy (non-hydrogen) atoms. The van der Waals surface area contributed by atoms with E-state index in [1.165, 1.54) is 56.4 Å². The highest BCUT2D eigenvalue weighted by Crippen LogP contribution is 2.25. The highest BCUT2D eigenvalue weighted by molar-refractivity contribution is 5.79. The standard InChI is InChI=1S/C22H25F2N/c23-19-12-8-17(9-13-19)22(18-10-14-20(24)15-11-18)7-4-16-25-21-5-2-1-3-6-21/h7-15,21,25H,1-6,16H2. The van der Waals surface area contributed by atoms with Crippen LogP contribution in [0, 0.1) is 11.6 Å². The minimum absolute atomic E-state index is 0.249. The zero-order valence-electron chi connectivity index (χ0n) is 14.5. The van der Waals surface area contributed by atoms with Crippen molar-refractivity contribution in [1.82, 2.24) is 5.32 Å². The van der Waals surface area contributed by atoms with Crippen LogP contribution in [0.15, 0.2) is 54.6 Å². The van der Waals surface area contributed by atoms with Gasteiger partial charge in [0.2, 0.25) is 0 Å². The molecule has 1 saturated carbocycles. The van der Waals surface area contributed by atoms with Crippen LogP contribution in [0.2, 0.25) is 0 Å². The van der Waals surface area contributed by atoms with Crippen molar-refractivity contribution in [3.63, 3.8) is 0 Å². The fraction of sp³-hybridized carbons (Fsp3) is 0.364. The number of nitrogens with one attached hydrogen (secondary N) is 1. The SMILES string of the molecule is Fc1ccc(C(=CCCNC2CCCCC2)c2ccc(F)cc2)cc1. The van der Waals surface area contributed by atoms with Crippen LogP contribution in [0.3, 0.4) is 0 Å². The first kappa shape index (κ1) is 17.8. The molecule has 1 fully saturated rings. The second kappa shape index (κ2) is 8.91. The van der Waals surface area contributed by atoms with Crippen molar-refractivity contribution >= 4 is 5.57 Å². The molecule has 2 aromatic rings. The molecule has 0 bridgehead atoms. The van der Waals surface area contributed by atoms with Gasteiger partial charge in [0.05, 0.1) is 0 Å². The second-order valence-corrected chi connectivity index (χ2v) is 6.71. The van der Waals surface area contributed by atoms with Crippen LogP contribution in [0.4, 0.5) is 8.78 Å². The minimum Gasteiger partial charge on any atom is -0.314 e. The van der Waals surface area contributed by atoms with E-state index in [1.54, 1.807) is 24.3 Å². The largest absolute Gasteiger partial charge is 0.314 e. The second-order valence-electron chi connectivity index (χ2n) is 6.71. The predicted octanol–water partition coefficient (Wildman–Crippen LogP) is 5.71. The normalized spacial score (nSPS) is 15.1. The Morgan fingerprint density at radius 2 is 1.36 bits per heavy atom. The molecule has 0 radical (unpaired) electrons. The minimum atomic E-state index is -0.249. The van der Waals surface area contributed by atoms with E-state index >= 15 is 0 Å². The molecule has 1 nitrogen and oxygen atoms in total. The third-order valence-corrected chi connectivity index (χ3v) is 4.84. The van der Waals surface area contributed by atoms with Gasteiger partial charge < -0.3 is 5.32 Å². The summed E-state index contributed by atoms with van der Waals surface area (Å²) in [5, 5.41) is 3.63. The zero-order valence-corrected chi connectivity index (χ0v) is 14.5. The summed E-state index contributed by atoms with van der Waals surface area (Å²) in [6.07, 6.45) is 9.60. The van der Waals surface area contributed by atoms with E-state index in [1.807, 2.05) is 0 Å². The fourth-order valence-corrected chi connectivity index (χ4v) is 3.47. The summed E-state index contributed by atoms with van der Waals surface area (Å²) in [5.74, 6) is -0.498. The van der Waals surface area contributed by atoms with Crippen LogP contribution in [0.5, 0.6) is 0 Å². The molecular formula is C22H25F2N. The van der Waals surface area contributed by atoms with E-state index in [0.717, 1.165) is 29.7 Å². The number of halogens is 2. The first-order valence-corrected chi connectivity index (χ1v) is 9.18. The molecule has 0 spiro atoms. The highest BCUT2D eigenvalue weighted by Gasteiger charge is 2.12. The summed E-state index contributed by atoms with van der Waals surface area (Å²) in [5.41, 5.74) is 2.92. The average Bonchev–Trinajstić information content (AvgIpc) is 2.65. The maximum atomic E-state index is 13.2. The Labute approximate surface area is 148 Å². The lowest BCUT2D eigenvalue weighted by Gasteiger charge is -2.22. The molecular weight excluding hydrogens is 316 g/mol. The maximum absolute atomic E-state index is 13.2. The zero-order chi connectivity index (χ0) is 17.5. The predicted molar refractivity (Wildman–Crippen MR) is 99.4 cm³/mol. The van der Waals surface area contributed by atoms with E-state index in [0.29, 0.717) is 6.04 Å². The molecule has 0 heterocycles. The van der Waals surface area contributed by atoms with Gasteiger partial charge >= 0.3 is 0 Å². The highest BCUT2D eigenvalue weighted by atomic mass is 19.1. The monoisotopic (exact) mass is 341 g/mol. The lowest BCUT2D eigenvalue weighted by molar-refractivity contribution is 0.376. The smallest absolute Gasteiger partial charge is 0.123 e. The van der Waals surface area contributed by atoms with Crippen molar-refractivity contribution in [3.8, 4) is 0 Å². The van der Waals surface area contributed by atoms with E-state index < -0.39 is 0 Å². The fourth-order valence-electron chi connectivity index (χ4n) is 3.47. The van der Waals surface area contributed by atoms with Gasteiger partial charge in [-0.2, -0.15) is 0 Å². The number of hydrogen-bond acceptors (Lipinski definition) is 1. The van der Waals surface area contributed by atoms with Gasteiger partial charge in [-0.05, 0) is 66.8 Å². The van der Waals surface area contributed by atoms with Gasteiger partial charge in [0, 0.05) is 6.04 Å². The van der Waals surface area contributed by atoms with Crippen molar-refractivity contribution < 1.29 is 8.78 Å². The molecule has 0 atom stereocenters. The Bertz CT molecular complexity index is 635. The molecule has 1 aliphatic rings. The van der Waals surface area contributed by atoms with Crippen molar-refractivity contribution in [2.45, 2.75) is 44.6 Å². The van der Waals surface area contributed by atoms with Gasteiger partial charge in [0.1, 0.15) is 11.6 Å². The van der Waals surface area contributed by atoms with Gasteiger partial charge in [-0.3, -0.25) is 0 Å². The average molecular weight is 341 g/mol. The number of rotatable bonds is 6. The topological polar surface area (TPSA) is 12.0 Å². The van der Waals surface area contributed by atoms with Crippen LogP contribution in [-0.2, 0) is 0 Å². The molecule has 0 amide bonds. The molecule has 0 aromatic heterocycles. The molecule has 0 saturated heterocycles. The van der Waals surface area contributed by atoms with Gasteiger partial charge in [-0.15, -0.1) is 0 Å². The van der Waals surface area contributed by atoms with Gasteiger partial charge in [-0.1, -0.05) is 49.6 Å². The summed E-state index contributed by atoms with van der Waals surface area (Å²) >= 11 is 0. The summed E-state index contributed by atoms with van der Waals surface area (Å²) in [4.78, 5) is 0. The summed E-state index contributed by atoms with van der Waals surface area (Å²) in [6.45, 7) is 0.927. The maximum Gasteiger partial charge on any atom is 0.123 e. The Hall–Kier alpha value is -2.00. The third-order valence-electron chi connectivity index (χ3n) is 4.84. The molecule has 2 aromatic carbocycles. The van der Waals surface area contributed by atoms with Crippen LogP contribution in [0.1, 0.15) is 49.7 Å². The van der Waals surface area contributed by atoms with Crippen LogP contribution >= 0.6 is 0 Å². The molecule has 3 heteroatoms. The lowest BCUT2D eigenvalue weighted by Crippen LogP contribution is -2.31. The Kier molecular flexibility index (Phi) is 6.35. The number of benzene rings is 2. The van der Waals surface area contributed by atoms with Crippen LogP contribution in [-0.4, -0.2) is 12.6 Å². The molecule has 132 valence electrons. The Morgan fingerprint density at radius 3 is 1.88 bits per heavy atom. The molecule has 1 N–H and O–H groups in total. The van der Waals surface area contributed by atoms with Crippen molar-refractivity contribution in [3.05, 3.63) is 77.4 Å². The first-order chi connectivity index (χ1) is 12.2. The number of hydrogen-bond donors (Lipinski definition) is 1. The van der Waals surface area contributed by atoms with Gasteiger partial charge in [0.15, 0.2) is 0 Å². The van der Waals surface area contributed by atoms with E-state index in [4.69, 9.17) is 0 Å². The van der Waals surface area contributed by atoms with Gasteiger partial charge in [-0.25, -0.2) is 8.78 Å². The van der Waals surface area contributed by atoms with Crippen LogP contribution in [0.25, 0.3) is 5.57 Å². The Balaban J connectivity index is 1.71. The quantitative estimate of drug-likeness (QED) is 0.664. The summed E-state index contributed by atoms with van der Waals surface area (Å²) in [6, 6.07) is 13.6. The lowest BCUT2D eigenvalue weighted by atomic mass is 9.95. The van der Waals surface area contributed by atoms with Crippen molar-refractivity contribution in [2.75, 3.05) is 6.54 Å². The van der Waals surface area contributed by atoms with E-state index in [9.17, 15) is 8.78 Å². The van der Waals surface area contributed by atoms with E-state index in [2.05, 4.69) is 11.4 Å². The molecule has 0 unspecified atom stereocenters. The molecule has 1 aliphatic carbocycles. The van der Waals surface area contributed by atoms with E-state index in [-0.39, 0.29) is 11.6 Å². The van der Waals surface area contributed by atoms with Crippen molar-refractivity contribution in [2.24, 2.45) is 0 Å².